The van der Waals surface area contributed by atoms with Crippen molar-refractivity contribution < 1.29 is 4.79 Å². The monoisotopic (exact) mass is 397 g/mol. The van der Waals surface area contributed by atoms with Crippen molar-refractivity contribution in [2.75, 3.05) is 5.32 Å². The Morgan fingerprint density at radius 2 is 1.85 bits per heavy atom. The SMILES string of the molecule is O=C(Nc1ccc(Cl)cc1)c1cnc2c(cnn2Cc2ccccn2)c1Cl. The van der Waals surface area contributed by atoms with Crippen LogP contribution in [0.4, 0.5) is 5.69 Å². The standard InChI is InChI=1S/C19H13Cl2N5O/c20-12-4-6-13(7-5-12)25-19(27)16-9-23-18-15(17(16)21)10-24-26(18)11-14-3-1-2-8-22-14/h1-10H,11H2,(H,25,27). The van der Waals surface area contributed by atoms with Crippen molar-refractivity contribution in [3.05, 3.63) is 82.4 Å². The third-order valence-electron chi connectivity index (χ3n) is 3.99. The molecule has 0 atom stereocenters. The highest BCUT2D eigenvalue weighted by Gasteiger charge is 2.17. The number of carbonyl (C=O) groups excluding carboxylic acids is 1. The number of halogens is 2. The van der Waals surface area contributed by atoms with Gasteiger partial charge in [0.05, 0.1) is 34.4 Å². The Morgan fingerprint density at radius 3 is 2.59 bits per heavy atom. The zero-order chi connectivity index (χ0) is 18.8. The molecule has 6 nitrogen and oxygen atoms in total. The summed E-state index contributed by atoms with van der Waals surface area (Å²) in [6, 6.07) is 12.5. The van der Waals surface area contributed by atoms with Gasteiger partial charge in [0.25, 0.3) is 5.91 Å². The second-order valence-corrected chi connectivity index (χ2v) is 6.62. The summed E-state index contributed by atoms with van der Waals surface area (Å²) in [6.45, 7) is 0.462. The molecule has 27 heavy (non-hydrogen) atoms. The minimum atomic E-state index is -0.353. The van der Waals surface area contributed by atoms with E-state index in [1.165, 1.54) is 6.20 Å². The summed E-state index contributed by atoms with van der Waals surface area (Å²) < 4.78 is 1.70. The fraction of sp³-hybridized carbons (Fsp3) is 0.0526. The molecule has 3 aromatic heterocycles. The minimum Gasteiger partial charge on any atom is -0.322 e. The molecule has 0 saturated carbocycles. The Morgan fingerprint density at radius 1 is 1.04 bits per heavy atom. The van der Waals surface area contributed by atoms with Crippen LogP contribution in [-0.2, 0) is 6.54 Å². The third-order valence-corrected chi connectivity index (χ3v) is 4.64. The molecule has 0 aliphatic heterocycles. The van der Waals surface area contributed by atoms with E-state index in [0.29, 0.717) is 33.3 Å². The number of anilines is 1. The second kappa shape index (κ2) is 7.34. The number of carbonyl (C=O) groups is 1. The summed E-state index contributed by atoms with van der Waals surface area (Å²) in [5.74, 6) is -0.353. The van der Waals surface area contributed by atoms with Gasteiger partial charge in [0.2, 0.25) is 0 Å². The van der Waals surface area contributed by atoms with Crippen LogP contribution in [0.5, 0.6) is 0 Å². The van der Waals surface area contributed by atoms with Crippen molar-refractivity contribution >= 4 is 45.8 Å². The molecule has 0 fully saturated rings. The molecule has 8 heteroatoms. The Hall–Kier alpha value is -2.96. The number of nitrogens with zero attached hydrogens (tertiary/aromatic N) is 4. The van der Waals surface area contributed by atoms with Gasteiger partial charge in [-0.3, -0.25) is 9.78 Å². The van der Waals surface area contributed by atoms with Crippen LogP contribution in [-0.4, -0.2) is 25.7 Å². The number of hydrogen-bond donors (Lipinski definition) is 1. The highest BCUT2D eigenvalue weighted by molar-refractivity contribution is 6.38. The van der Waals surface area contributed by atoms with Gasteiger partial charge < -0.3 is 5.32 Å². The van der Waals surface area contributed by atoms with Crippen LogP contribution in [0.2, 0.25) is 10.0 Å². The van der Waals surface area contributed by atoms with Gasteiger partial charge in [0, 0.05) is 23.1 Å². The van der Waals surface area contributed by atoms with Gasteiger partial charge in [-0.25, -0.2) is 9.67 Å². The molecule has 0 bridgehead atoms. The number of nitrogens with one attached hydrogen (secondary N) is 1. The van der Waals surface area contributed by atoms with Gasteiger partial charge in [0.1, 0.15) is 0 Å². The number of rotatable bonds is 4. The molecule has 0 unspecified atom stereocenters. The summed E-state index contributed by atoms with van der Waals surface area (Å²) in [5.41, 5.74) is 2.33. The largest absolute Gasteiger partial charge is 0.322 e. The lowest BCUT2D eigenvalue weighted by molar-refractivity contribution is 0.102. The van der Waals surface area contributed by atoms with E-state index >= 15 is 0 Å². The summed E-state index contributed by atoms with van der Waals surface area (Å²) in [5, 5.41) is 8.61. The van der Waals surface area contributed by atoms with Crippen LogP contribution < -0.4 is 5.32 Å². The van der Waals surface area contributed by atoms with Crippen LogP contribution in [0.1, 0.15) is 16.1 Å². The molecule has 3 heterocycles. The van der Waals surface area contributed by atoms with Gasteiger partial charge in [0.15, 0.2) is 5.65 Å². The van der Waals surface area contributed by atoms with E-state index in [1.807, 2.05) is 18.2 Å². The lowest BCUT2D eigenvalue weighted by Crippen LogP contribution is -2.13. The first-order valence-electron chi connectivity index (χ1n) is 8.08. The number of hydrogen-bond acceptors (Lipinski definition) is 4. The summed E-state index contributed by atoms with van der Waals surface area (Å²) in [4.78, 5) is 21.2. The van der Waals surface area contributed by atoms with Gasteiger partial charge in [-0.05, 0) is 36.4 Å². The molecule has 1 amide bonds. The predicted molar refractivity (Wildman–Crippen MR) is 105 cm³/mol. The highest BCUT2D eigenvalue weighted by Crippen LogP contribution is 2.26. The topological polar surface area (TPSA) is 72.7 Å². The zero-order valence-electron chi connectivity index (χ0n) is 13.9. The van der Waals surface area contributed by atoms with Crippen molar-refractivity contribution in [1.29, 1.82) is 0 Å². The van der Waals surface area contributed by atoms with E-state index in [1.54, 1.807) is 41.3 Å². The van der Waals surface area contributed by atoms with Crippen molar-refractivity contribution in [3.63, 3.8) is 0 Å². The first kappa shape index (κ1) is 17.5. The second-order valence-electron chi connectivity index (χ2n) is 5.81. The Bertz CT molecular complexity index is 1110. The van der Waals surface area contributed by atoms with E-state index < -0.39 is 0 Å². The summed E-state index contributed by atoms with van der Waals surface area (Å²) >= 11 is 12.3. The predicted octanol–water partition coefficient (Wildman–Crippen LogP) is 4.43. The van der Waals surface area contributed by atoms with Crippen molar-refractivity contribution in [3.8, 4) is 0 Å². The number of amides is 1. The maximum absolute atomic E-state index is 12.6. The minimum absolute atomic E-state index is 0.275. The Balaban J connectivity index is 1.62. The smallest absolute Gasteiger partial charge is 0.258 e. The Kier molecular flexibility index (Phi) is 4.75. The molecule has 0 spiro atoms. The van der Waals surface area contributed by atoms with E-state index in [0.717, 1.165) is 5.69 Å². The van der Waals surface area contributed by atoms with Crippen LogP contribution >= 0.6 is 23.2 Å². The molecular weight excluding hydrogens is 385 g/mol. The molecule has 0 radical (unpaired) electrons. The number of pyridine rings is 2. The summed E-state index contributed by atoms with van der Waals surface area (Å²) in [7, 11) is 0. The fourth-order valence-electron chi connectivity index (χ4n) is 2.65. The van der Waals surface area contributed by atoms with E-state index in [4.69, 9.17) is 23.2 Å². The van der Waals surface area contributed by atoms with Crippen molar-refractivity contribution in [1.82, 2.24) is 19.7 Å². The van der Waals surface area contributed by atoms with Crippen LogP contribution in [0.15, 0.2) is 61.1 Å². The molecule has 4 aromatic rings. The molecule has 4 rings (SSSR count). The van der Waals surface area contributed by atoms with Crippen molar-refractivity contribution in [2.45, 2.75) is 6.54 Å². The van der Waals surface area contributed by atoms with E-state index in [-0.39, 0.29) is 11.5 Å². The lowest BCUT2D eigenvalue weighted by Gasteiger charge is -2.08. The highest BCUT2D eigenvalue weighted by atomic mass is 35.5. The maximum Gasteiger partial charge on any atom is 0.258 e. The van der Waals surface area contributed by atoms with E-state index in [2.05, 4.69) is 20.4 Å². The molecule has 134 valence electrons. The van der Waals surface area contributed by atoms with Gasteiger partial charge in [-0.1, -0.05) is 29.3 Å². The van der Waals surface area contributed by atoms with Crippen LogP contribution in [0.3, 0.4) is 0 Å². The quantitative estimate of drug-likeness (QED) is 0.552. The number of aromatic nitrogens is 4. The van der Waals surface area contributed by atoms with Crippen LogP contribution in [0.25, 0.3) is 11.0 Å². The first-order chi connectivity index (χ1) is 13.1. The van der Waals surface area contributed by atoms with E-state index in [9.17, 15) is 4.79 Å². The summed E-state index contributed by atoms with van der Waals surface area (Å²) in [6.07, 6.45) is 4.78. The van der Waals surface area contributed by atoms with Gasteiger partial charge >= 0.3 is 0 Å². The Labute approximate surface area is 164 Å². The lowest BCUT2D eigenvalue weighted by atomic mass is 10.2. The third kappa shape index (κ3) is 3.63. The molecule has 0 saturated heterocycles. The van der Waals surface area contributed by atoms with Crippen molar-refractivity contribution in [2.24, 2.45) is 0 Å². The fourth-order valence-corrected chi connectivity index (χ4v) is 3.04. The molecular formula is C19H13Cl2N5O. The normalized spacial score (nSPS) is 10.9. The van der Waals surface area contributed by atoms with Gasteiger partial charge in [-0.15, -0.1) is 0 Å². The number of benzene rings is 1. The average Bonchev–Trinajstić information content (AvgIpc) is 3.08. The molecule has 1 N–H and O–H groups in total. The molecule has 0 aliphatic rings. The zero-order valence-corrected chi connectivity index (χ0v) is 15.4. The maximum atomic E-state index is 12.6. The first-order valence-corrected chi connectivity index (χ1v) is 8.84. The molecule has 1 aromatic carbocycles. The molecule has 0 aliphatic carbocycles. The average molecular weight is 398 g/mol. The van der Waals surface area contributed by atoms with Gasteiger partial charge in [-0.2, -0.15) is 5.10 Å². The number of fused-ring (bicyclic) bond motifs is 1. The van der Waals surface area contributed by atoms with Crippen LogP contribution in [0, 0.1) is 0 Å².